The highest BCUT2D eigenvalue weighted by Gasteiger charge is 2.18. The lowest BCUT2D eigenvalue weighted by molar-refractivity contribution is 0.580. The summed E-state index contributed by atoms with van der Waals surface area (Å²) in [5.41, 5.74) is 4.43. The van der Waals surface area contributed by atoms with Crippen LogP contribution in [0.25, 0.3) is 0 Å². The Hall–Kier alpha value is -0.790. The largest absolute Gasteiger partial charge is 0.269 e. The maximum atomic E-state index is 4.65. The highest BCUT2D eigenvalue weighted by Crippen LogP contribution is 2.24. The Balaban J connectivity index is 2.44. The van der Waals surface area contributed by atoms with Crippen molar-refractivity contribution in [2.24, 2.45) is 0 Å². The molecule has 1 aromatic heterocycles. The van der Waals surface area contributed by atoms with Crippen LogP contribution in [0.3, 0.4) is 0 Å². The van der Waals surface area contributed by atoms with Gasteiger partial charge in [-0.3, -0.25) is 4.68 Å². The number of fused-ring (bicyclic) bond motifs is 1. The van der Waals surface area contributed by atoms with Gasteiger partial charge in [-0.2, -0.15) is 5.10 Å². The number of rotatable bonds is 2. The summed E-state index contributed by atoms with van der Waals surface area (Å²) >= 11 is 0. The van der Waals surface area contributed by atoms with Crippen molar-refractivity contribution in [1.82, 2.24) is 9.78 Å². The summed E-state index contributed by atoms with van der Waals surface area (Å²) in [6.45, 7) is 5.42. The summed E-state index contributed by atoms with van der Waals surface area (Å²) < 4.78 is 2.20. The maximum absolute atomic E-state index is 4.65. The first kappa shape index (κ1) is 8.79. The van der Waals surface area contributed by atoms with E-state index < -0.39 is 0 Å². The van der Waals surface area contributed by atoms with Crippen LogP contribution in [0, 0.1) is 0 Å². The first-order valence-corrected chi connectivity index (χ1v) is 5.44. The van der Waals surface area contributed by atoms with E-state index >= 15 is 0 Å². The highest BCUT2D eigenvalue weighted by molar-refractivity contribution is 5.28. The summed E-state index contributed by atoms with van der Waals surface area (Å²) in [5, 5.41) is 4.65. The van der Waals surface area contributed by atoms with E-state index in [1.807, 2.05) is 0 Å². The van der Waals surface area contributed by atoms with E-state index in [9.17, 15) is 0 Å². The third-order valence-electron chi connectivity index (χ3n) is 2.97. The quantitative estimate of drug-likeness (QED) is 0.679. The van der Waals surface area contributed by atoms with Crippen LogP contribution < -0.4 is 0 Å². The fourth-order valence-electron chi connectivity index (χ4n) is 2.30. The van der Waals surface area contributed by atoms with Crippen LogP contribution in [-0.4, -0.2) is 9.78 Å². The molecule has 2 heteroatoms. The number of nitrogens with zero attached hydrogens (tertiary/aromatic N) is 2. The Kier molecular flexibility index (Phi) is 2.38. The molecule has 1 aliphatic rings. The fraction of sp³-hybridized carbons (Fsp3) is 0.727. The molecule has 0 aromatic carbocycles. The zero-order valence-electron chi connectivity index (χ0n) is 8.64. The van der Waals surface area contributed by atoms with E-state index in [-0.39, 0.29) is 0 Å². The van der Waals surface area contributed by atoms with Crippen molar-refractivity contribution in [2.75, 3.05) is 0 Å². The van der Waals surface area contributed by atoms with Gasteiger partial charge >= 0.3 is 0 Å². The van der Waals surface area contributed by atoms with Crippen LogP contribution in [0.5, 0.6) is 0 Å². The van der Waals surface area contributed by atoms with Gasteiger partial charge in [0.15, 0.2) is 0 Å². The number of hydrogen-bond acceptors (Lipinski definition) is 1. The minimum absolute atomic E-state index is 1.03. The van der Waals surface area contributed by atoms with Gasteiger partial charge in [0.25, 0.3) is 0 Å². The third kappa shape index (κ3) is 1.38. The predicted molar refractivity (Wildman–Crippen MR) is 53.9 cm³/mol. The van der Waals surface area contributed by atoms with E-state index in [0.717, 1.165) is 13.0 Å². The first-order chi connectivity index (χ1) is 6.36. The molecule has 2 nitrogen and oxygen atoms in total. The van der Waals surface area contributed by atoms with Crippen LogP contribution in [0.2, 0.25) is 0 Å². The first-order valence-electron chi connectivity index (χ1n) is 5.44. The molecule has 13 heavy (non-hydrogen) atoms. The molecule has 1 heterocycles. The van der Waals surface area contributed by atoms with Crippen molar-refractivity contribution in [3.8, 4) is 0 Å². The van der Waals surface area contributed by atoms with Gasteiger partial charge in [0.2, 0.25) is 0 Å². The lowest BCUT2D eigenvalue weighted by Gasteiger charge is -2.13. The molecular weight excluding hydrogens is 160 g/mol. The van der Waals surface area contributed by atoms with Crippen LogP contribution in [0.15, 0.2) is 0 Å². The van der Waals surface area contributed by atoms with Crippen molar-refractivity contribution < 1.29 is 0 Å². The van der Waals surface area contributed by atoms with Gasteiger partial charge in [0.1, 0.15) is 0 Å². The molecule has 72 valence electrons. The molecule has 0 saturated heterocycles. The van der Waals surface area contributed by atoms with Crippen molar-refractivity contribution >= 4 is 0 Å². The molecule has 2 rings (SSSR count). The molecular formula is C11H18N2. The lowest BCUT2D eigenvalue weighted by atomic mass is 9.95. The van der Waals surface area contributed by atoms with E-state index in [4.69, 9.17) is 0 Å². The Labute approximate surface area is 80.0 Å². The van der Waals surface area contributed by atoms with Gasteiger partial charge in [0, 0.05) is 12.2 Å². The predicted octanol–water partition coefficient (Wildman–Crippen LogP) is 2.34. The summed E-state index contributed by atoms with van der Waals surface area (Å²) in [6.07, 6.45) is 6.31. The Morgan fingerprint density at radius 2 is 2.00 bits per heavy atom. The van der Waals surface area contributed by atoms with Crippen LogP contribution in [0.1, 0.15) is 43.6 Å². The normalized spacial score (nSPS) is 15.8. The monoisotopic (exact) mass is 178 g/mol. The molecule has 1 aliphatic carbocycles. The molecule has 1 aromatic rings. The second-order valence-corrected chi connectivity index (χ2v) is 3.75. The van der Waals surface area contributed by atoms with Crippen LogP contribution in [0.4, 0.5) is 0 Å². The lowest BCUT2D eigenvalue weighted by Crippen LogP contribution is -2.07. The van der Waals surface area contributed by atoms with Crippen molar-refractivity contribution in [2.45, 2.75) is 52.5 Å². The Bertz CT molecular complexity index is 271. The molecule has 0 spiro atoms. The maximum Gasteiger partial charge on any atom is 0.0656 e. The van der Waals surface area contributed by atoms with Gasteiger partial charge in [-0.15, -0.1) is 0 Å². The van der Waals surface area contributed by atoms with Gasteiger partial charge < -0.3 is 0 Å². The average molecular weight is 178 g/mol. The molecule has 0 bridgehead atoms. The summed E-state index contributed by atoms with van der Waals surface area (Å²) in [7, 11) is 0. The summed E-state index contributed by atoms with van der Waals surface area (Å²) in [5.74, 6) is 0. The highest BCUT2D eigenvalue weighted by atomic mass is 15.3. The zero-order chi connectivity index (χ0) is 9.26. The topological polar surface area (TPSA) is 17.8 Å². The van der Waals surface area contributed by atoms with Gasteiger partial charge in [-0.25, -0.2) is 0 Å². The molecule has 0 saturated carbocycles. The van der Waals surface area contributed by atoms with E-state index in [1.54, 1.807) is 5.56 Å². The van der Waals surface area contributed by atoms with E-state index in [1.165, 1.54) is 37.1 Å². The van der Waals surface area contributed by atoms with Gasteiger partial charge in [-0.05, 0) is 44.6 Å². The average Bonchev–Trinajstić information content (AvgIpc) is 2.56. The van der Waals surface area contributed by atoms with Crippen LogP contribution in [-0.2, 0) is 25.8 Å². The zero-order valence-corrected chi connectivity index (χ0v) is 8.64. The molecule has 0 aliphatic heterocycles. The Morgan fingerprint density at radius 3 is 2.69 bits per heavy atom. The smallest absolute Gasteiger partial charge is 0.0656 e. The fourth-order valence-corrected chi connectivity index (χ4v) is 2.30. The van der Waals surface area contributed by atoms with Crippen LogP contribution >= 0.6 is 0 Å². The van der Waals surface area contributed by atoms with Crippen molar-refractivity contribution in [3.05, 3.63) is 17.0 Å². The third-order valence-corrected chi connectivity index (χ3v) is 2.97. The van der Waals surface area contributed by atoms with Crippen molar-refractivity contribution in [3.63, 3.8) is 0 Å². The van der Waals surface area contributed by atoms with Gasteiger partial charge in [-0.1, -0.05) is 6.92 Å². The second-order valence-electron chi connectivity index (χ2n) is 3.75. The van der Waals surface area contributed by atoms with E-state index in [0.29, 0.717) is 0 Å². The second kappa shape index (κ2) is 3.52. The molecule has 0 amide bonds. The molecule has 0 atom stereocenters. The number of hydrogen-bond donors (Lipinski definition) is 0. The van der Waals surface area contributed by atoms with Gasteiger partial charge in [0.05, 0.1) is 5.69 Å². The molecule has 0 radical (unpaired) electrons. The number of aryl methyl sites for hydroxylation is 2. The SMILES string of the molecule is CCc1nn(CC)c2c1CCCC2. The Morgan fingerprint density at radius 1 is 1.23 bits per heavy atom. The minimum Gasteiger partial charge on any atom is -0.269 e. The molecule has 0 fully saturated rings. The van der Waals surface area contributed by atoms with Crippen molar-refractivity contribution in [1.29, 1.82) is 0 Å². The number of aromatic nitrogens is 2. The minimum atomic E-state index is 1.03. The molecule has 0 unspecified atom stereocenters. The summed E-state index contributed by atoms with van der Waals surface area (Å²) in [4.78, 5) is 0. The molecule has 0 N–H and O–H groups in total. The standard InChI is InChI=1S/C11H18N2/c1-3-10-9-7-5-6-8-11(9)13(4-2)12-10/h3-8H2,1-2H3. The summed E-state index contributed by atoms with van der Waals surface area (Å²) in [6, 6.07) is 0. The van der Waals surface area contributed by atoms with E-state index in [2.05, 4.69) is 23.6 Å².